The van der Waals surface area contributed by atoms with Crippen LogP contribution in [0.4, 0.5) is 11.4 Å². The summed E-state index contributed by atoms with van der Waals surface area (Å²) in [4.78, 5) is 24.2. The van der Waals surface area contributed by atoms with E-state index in [1.807, 2.05) is 37.3 Å². The molecule has 0 aromatic heterocycles. The van der Waals surface area contributed by atoms with Gasteiger partial charge >= 0.3 is 11.8 Å². The van der Waals surface area contributed by atoms with E-state index in [9.17, 15) is 9.59 Å². The quantitative estimate of drug-likeness (QED) is 0.783. The Labute approximate surface area is 148 Å². The maximum Gasteiger partial charge on any atom is 0.314 e. The van der Waals surface area contributed by atoms with Gasteiger partial charge in [0.25, 0.3) is 0 Å². The number of unbranched alkanes of at least 4 members (excludes halogenated alkanes) is 1. The topological polar surface area (TPSA) is 67.4 Å². The van der Waals surface area contributed by atoms with Gasteiger partial charge in [0.15, 0.2) is 0 Å². The molecule has 0 bridgehead atoms. The summed E-state index contributed by atoms with van der Waals surface area (Å²) in [5, 5.41) is 5.19. The molecule has 2 N–H and O–H groups in total. The minimum atomic E-state index is -0.737. The van der Waals surface area contributed by atoms with E-state index in [2.05, 4.69) is 17.6 Å². The van der Waals surface area contributed by atoms with Gasteiger partial charge in [-0.15, -0.1) is 0 Å². The molecule has 132 valence electrons. The lowest BCUT2D eigenvalue weighted by Gasteiger charge is -2.11. The molecular formula is C20H24N2O3. The van der Waals surface area contributed by atoms with Crippen molar-refractivity contribution in [3.63, 3.8) is 0 Å². The van der Waals surface area contributed by atoms with Crippen LogP contribution in [0.1, 0.15) is 30.9 Å². The summed E-state index contributed by atoms with van der Waals surface area (Å²) in [5.74, 6) is -0.948. The highest BCUT2D eigenvalue weighted by Gasteiger charge is 2.16. The van der Waals surface area contributed by atoms with Crippen molar-refractivity contribution in [3.8, 4) is 5.75 Å². The molecule has 0 unspecified atom stereocenters. The first kappa shape index (κ1) is 18.5. The van der Waals surface area contributed by atoms with Crippen LogP contribution in [0.3, 0.4) is 0 Å². The van der Waals surface area contributed by atoms with Crippen LogP contribution in [-0.4, -0.2) is 18.9 Å². The van der Waals surface area contributed by atoms with E-state index in [0.717, 1.165) is 24.8 Å². The summed E-state index contributed by atoms with van der Waals surface area (Å²) in [6.07, 6.45) is 3.28. The molecule has 0 saturated carbocycles. The molecule has 0 saturated heterocycles. The molecule has 0 spiro atoms. The number of carbonyl (C=O) groups is 2. The van der Waals surface area contributed by atoms with E-state index < -0.39 is 11.8 Å². The lowest BCUT2D eigenvalue weighted by atomic mass is 10.1. The number of anilines is 2. The third kappa shape index (κ3) is 5.35. The van der Waals surface area contributed by atoms with Gasteiger partial charge in [0, 0.05) is 5.69 Å². The molecule has 0 heterocycles. The van der Waals surface area contributed by atoms with Crippen molar-refractivity contribution in [1.29, 1.82) is 0 Å². The number of carbonyl (C=O) groups excluding carboxylic acids is 2. The normalized spacial score (nSPS) is 10.2. The van der Waals surface area contributed by atoms with Crippen molar-refractivity contribution in [2.45, 2.75) is 33.1 Å². The maximum absolute atomic E-state index is 12.1. The van der Waals surface area contributed by atoms with Crippen LogP contribution in [0, 0.1) is 6.92 Å². The van der Waals surface area contributed by atoms with Gasteiger partial charge in [0.2, 0.25) is 0 Å². The Balaban J connectivity index is 1.98. The number of aryl methyl sites for hydroxylation is 2. The zero-order chi connectivity index (χ0) is 18.2. The van der Waals surface area contributed by atoms with Crippen LogP contribution in [0.2, 0.25) is 0 Å². The first-order valence-corrected chi connectivity index (χ1v) is 8.39. The van der Waals surface area contributed by atoms with E-state index >= 15 is 0 Å². The van der Waals surface area contributed by atoms with Crippen LogP contribution in [0.5, 0.6) is 5.75 Å². The first-order valence-electron chi connectivity index (χ1n) is 8.39. The number of hydrogen-bond donors (Lipinski definition) is 2. The number of benzene rings is 2. The second-order valence-electron chi connectivity index (χ2n) is 5.91. The van der Waals surface area contributed by atoms with Gasteiger partial charge in [-0.1, -0.05) is 31.5 Å². The average Bonchev–Trinajstić information content (AvgIpc) is 2.61. The summed E-state index contributed by atoms with van der Waals surface area (Å²) < 4.78 is 5.20. The van der Waals surface area contributed by atoms with Crippen molar-refractivity contribution in [2.24, 2.45) is 0 Å². The molecule has 0 aliphatic rings. The zero-order valence-electron chi connectivity index (χ0n) is 14.9. The molecule has 2 amide bonds. The molecule has 5 heteroatoms. The molecule has 2 aromatic rings. The van der Waals surface area contributed by atoms with Gasteiger partial charge in [-0.2, -0.15) is 0 Å². The highest BCUT2D eigenvalue weighted by molar-refractivity contribution is 6.43. The highest BCUT2D eigenvalue weighted by Crippen LogP contribution is 2.25. The van der Waals surface area contributed by atoms with Gasteiger partial charge in [0.1, 0.15) is 5.75 Å². The highest BCUT2D eigenvalue weighted by atomic mass is 16.5. The van der Waals surface area contributed by atoms with Crippen molar-refractivity contribution in [3.05, 3.63) is 53.6 Å². The van der Waals surface area contributed by atoms with E-state index in [4.69, 9.17) is 4.74 Å². The van der Waals surface area contributed by atoms with Gasteiger partial charge in [-0.05, 0) is 55.2 Å². The second kappa shape index (κ2) is 8.87. The molecule has 2 aromatic carbocycles. The monoisotopic (exact) mass is 340 g/mol. The smallest absolute Gasteiger partial charge is 0.314 e. The lowest BCUT2D eigenvalue weighted by molar-refractivity contribution is -0.133. The Morgan fingerprint density at radius 1 is 1.00 bits per heavy atom. The average molecular weight is 340 g/mol. The minimum absolute atomic E-state index is 0.470. The van der Waals surface area contributed by atoms with Crippen molar-refractivity contribution in [1.82, 2.24) is 0 Å². The van der Waals surface area contributed by atoms with Gasteiger partial charge in [-0.25, -0.2) is 0 Å². The molecule has 0 fully saturated rings. The third-order valence-corrected chi connectivity index (χ3v) is 3.84. The molecule has 25 heavy (non-hydrogen) atoms. The molecule has 0 radical (unpaired) electrons. The summed E-state index contributed by atoms with van der Waals surface area (Å²) in [6, 6.07) is 12.9. The number of nitrogens with one attached hydrogen (secondary N) is 2. The van der Waals surface area contributed by atoms with Crippen molar-refractivity contribution in [2.75, 3.05) is 17.7 Å². The van der Waals surface area contributed by atoms with Gasteiger partial charge in [0.05, 0.1) is 12.8 Å². The standard InChI is InChI=1S/C20H24N2O3/c1-4-5-6-15-8-10-16(11-9-15)21-19(23)20(24)22-17-13-14(2)7-12-18(17)25-3/h7-13H,4-6H2,1-3H3,(H,21,23)(H,22,24). The Bertz CT molecular complexity index is 739. The number of hydrogen-bond acceptors (Lipinski definition) is 3. The molecule has 5 nitrogen and oxygen atoms in total. The van der Waals surface area contributed by atoms with E-state index in [1.165, 1.54) is 12.7 Å². The predicted octanol–water partition coefficient (Wildman–Crippen LogP) is 3.92. The van der Waals surface area contributed by atoms with Crippen molar-refractivity contribution < 1.29 is 14.3 Å². The predicted molar refractivity (Wildman–Crippen MR) is 100 cm³/mol. The first-order chi connectivity index (χ1) is 12.0. The van der Waals surface area contributed by atoms with E-state index in [-0.39, 0.29) is 0 Å². The van der Waals surface area contributed by atoms with Gasteiger partial charge < -0.3 is 15.4 Å². The zero-order valence-corrected chi connectivity index (χ0v) is 14.9. The summed E-state index contributed by atoms with van der Waals surface area (Å²) >= 11 is 0. The number of rotatable bonds is 6. The van der Waals surface area contributed by atoms with Crippen molar-refractivity contribution >= 4 is 23.2 Å². The number of amides is 2. The fourth-order valence-corrected chi connectivity index (χ4v) is 2.42. The number of ether oxygens (including phenoxy) is 1. The van der Waals surface area contributed by atoms with Crippen LogP contribution >= 0.6 is 0 Å². The second-order valence-corrected chi connectivity index (χ2v) is 5.91. The van der Waals surface area contributed by atoms with Crippen LogP contribution in [0.25, 0.3) is 0 Å². The Morgan fingerprint density at radius 2 is 1.68 bits per heavy atom. The van der Waals surface area contributed by atoms with Gasteiger partial charge in [-0.3, -0.25) is 9.59 Å². The Morgan fingerprint density at radius 3 is 2.32 bits per heavy atom. The van der Waals surface area contributed by atoms with E-state index in [0.29, 0.717) is 17.1 Å². The molecular weight excluding hydrogens is 316 g/mol. The third-order valence-electron chi connectivity index (χ3n) is 3.84. The maximum atomic E-state index is 12.1. The fraction of sp³-hybridized carbons (Fsp3) is 0.300. The summed E-state index contributed by atoms with van der Waals surface area (Å²) in [6.45, 7) is 4.05. The fourth-order valence-electron chi connectivity index (χ4n) is 2.42. The lowest BCUT2D eigenvalue weighted by Crippen LogP contribution is -2.29. The van der Waals surface area contributed by atoms with E-state index in [1.54, 1.807) is 12.1 Å². The Hall–Kier alpha value is -2.82. The Kier molecular flexibility index (Phi) is 6.57. The molecule has 2 rings (SSSR count). The molecule has 0 aliphatic heterocycles. The molecule has 0 atom stereocenters. The summed E-state index contributed by atoms with van der Waals surface area (Å²) in [5.41, 5.74) is 3.24. The largest absolute Gasteiger partial charge is 0.495 e. The SMILES string of the molecule is CCCCc1ccc(NC(=O)C(=O)Nc2cc(C)ccc2OC)cc1. The number of methoxy groups -OCH3 is 1. The summed E-state index contributed by atoms with van der Waals surface area (Å²) in [7, 11) is 1.51. The molecule has 0 aliphatic carbocycles. The van der Waals surface area contributed by atoms with Crippen LogP contribution in [0.15, 0.2) is 42.5 Å². The van der Waals surface area contributed by atoms with Crippen LogP contribution < -0.4 is 15.4 Å². The minimum Gasteiger partial charge on any atom is -0.495 e. The van der Waals surface area contributed by atoms with Crippen LogP contribution in [-0.2, 0) is 16.0 Å².